The lowest BCUT2D eigenvalue weighted by Gasteiger charge is -2.30. The van der Waals surface area contributed by atoms with Crippen LogP contribution >= 0.6 is 11.3 Å². The van der Waals surface area contributed by atoms with E-state index in [1.165, 1.54) is 75.8 Å². The molecule has 1 aliphatic rings. The van der Waals surface area contributed by atoms with Crippen molar-refractivity contribution in [2.75, 3.05) is 4.90 Å². The molecule has 7 aromatic carbocycles. The van der Waals surface area contributed by atoms with Crippen LogP contribution in [0.4, 0.5) is 17.1 Å². The van der Waals surface area contributed by atoms with Gasteiger partial charge in [0.15, 0.2) is 0 Å². The van der Waals surface area contributed by atoms with Crippen molar-refractivity contribution in [1.29, 1.82) is 0 Å². The van der Waals surface area contributed by atoms with E-state index in [1.54, 1.807) is 0 Å². The Morgan fingerprint density at radius 1 is 0.500 bits per heavy atom. The molecule has 0 bridgehead atoms. The Hall–Kier alpha value is -5.44. The lowest BCUT2D eigenvalue weighted by molar-refractivity contribution is 0.590. The van der Waals surface area contributed by atoms with Gasteiger partial charge < -0.3 is 4.90 Å². The molecule has 254 valence electrons. The summed E-state index contributed by atoms with van der Waals surface area (Å²) in [6.45, 7) is 13.8. The molecule has 52 heavy (non-hydrogen) atoms. The van der Waals surface area contributed by atoms with E-state index in [-0.39, 0.29) is 10.8 Å². The van der Waals surface area contributed by atoms with E-state index >= 15 is 0 Å². The van der Waals surface area contributed by atoms with E-state index in [1.807, 2.05) is 11.3 Å². The highest BCUT2D eigenvalue weighted by atomic mass is 32.1. The van der Waals surface area contributed by atoms with E-state index in [2.05, 4.69) is 198 Å². The average molecular weight is 690 g/mol. The second-order valence-electron chi connectivity index (χ2n) is 15.9. The molecule has 0 spiro atoms. The van der Waals surface area contributed by atoms with Gasteiger partial charge >= 0.3 is 0 Å². The summed E-state index contributed by atoms with van der Waals surface area (Å²) in [7, 11) is 0. The number of hydrogen-bond acceptors (Lipinski definition) is 2. The average Bonchev–Trinajstić information content (AvgIpc) is 3.63. The van der Waals surface area contributed by atoms with Crippen molar-refractivity contribution < 1.29 is 0 Å². The van der Waals surface area contributed by atoms with Gasteiger partial charge in [-0.1, -0.05) is 144 Å². The van der Waals surface area contributed by atoms with Crippen LogP contribution in [0.25, 0.3) is 53.6 Å². The first kappa shape index (κ1) is 32.5. The van der Waals surface area contributed by atoms with Gasteiger partial charge in [0.25, 0.3) is 0 Å². The molecular weight excluding hydrogens is 647 g/mol. The Balaban J connectivity index is 1.28. The van der Waals surface area contributed by atoms with Gasteiger partial charge in [0.2, 0.25) is 0 Å². The van der Waals surface area contributed by atoms with Crippen LogP contribution < -0.4 is 4.90 Å². The lowest BCUT2D eigenvalue weighted by atomic mass is 9.82. The third-order valence-electron chi connectivity index (χ3n) is 11.2. The fourth-order valence-corrected chi connectivity index (χ4v) is 9.42. The van der Waals surface area contributed by atoms with E-state index in [9.17, 15) is 0 Å². The molecule has 1 nitrogen and oxygen atoms in total. The lowest BCUT2D eigenvalue weighted by Crippen LogP contribution is -2.17. The summed E-state index contributed by atoms with van der Waals surface area (Å²) >= 11 is 1.87. The van der Waals surface area contributed by atoms with E-state index in [0.717, 1.165) is 17.1 Å². The number of aryl methyl sites for hydroxylation is 1. The Morgan fingerprint density at radius 3 is 1.92 bits per heavy atom. The van der Waals surface area contributed by atoms with E-state index in [4.69, 9.17) is 0 Å². The first-order valence-electron chi connectivity index (χ1n) is 18.3. The number of fused-ring (bicyclic) bond motifs is 6. The number of benzene rings is 7. The van der Waals surface area contributed by atoms with E-state index < -0.39 is 0 Å². The number of nitrogens with zero attached hydrogens (tertiary/aromatic N) is 1. The predicted molar refractivity (Wildman–Crippen MR) is 226 cm³/mol. The Labute approximate surface area is 311 Å². The molecule has 0 unspecified atom stereocenters. The molecule has 1 aliphatic carbocycles. The smallest absolute Gasteiger partial charge is 0.0540 e. The Bertz CT molecular complexity index is 2650. The van der Waals surface area contributed by atoms with Crippen LogP contribution in [0.2, 0.25) is 0 Å². The molecule has 1 aromatic heterocycles. The van der Waals surface area contributed by atoms with Crippen LogP contribution in [-0.4, -0.2) is 0 Å². The second kappa shape index (κ2) is 12.1. The fraction of sp³-hybridized carbons (Fsp3) is 0.160. The predicted octanol–water partition coefficient (Wildman–Crippen LogP) is 14.8. The zero-order valence-corrected chi connectivity index (χ0v) is 31.6. The van der Waals surface area contributed by atoms with Gasteiger partial charge in [-0.05, 0) is 105 Å². The van der Waals surface area contributed by atoms with Gasteiger partial charge in [0.05, 0.1) is 5.69 Å². The molecule has 0 N–H and O–H groups in total. The first-order valence-corrected chi connectivity index (χ1v) is 19.2. The van der Waals surface area contributed by atoms with Crippen molar-refractivity contribution in [3.8, 4) is 33.4 Å². The number of anilines is 3. The second-order valence-corrected chi connectivity index (χ2v) is 17.0. The number of hydrogen-bond donors (Lipinski definition) is 0. The minimum absolute atomic E-state index is 0.106. The summed E-state index contributed by atoms with van der Waals surface area (Å²) in [5, 5.41) is 2.63. The van der Waals surface area contributed by atoms with Gasteiger partial charge in [0.1, 0.15) is 0 Å². The fourth-order valence-electron chi connectivity index (χ4n) is 8.28. The van der Waals surface area contributed by atoms with Crippen molar-refractivity contribution >= 4 is 48.6 Å². The zero-order valence-electron chi connectivity index (χ0n) is 30.8. The monoisotopic (exact) mass is 689 g/mol. The van der Waals surface area contributed by atoms with Crippen LogP contribution in [-0.2, 0) is 10.8 Å². The maximum absolute atomic E-state index is 2.50. The summed E-state index contributed by atoms with van der Waals surface area (Å²) in [5.74, 6) is 0. The number of thiophene rings is 1. The minimum Gasteiger partial charge on any atom is -0.310 e. The first-order chi connectivity index (χ1) is 25.1. The topological polar surface area (TPSA) is 3.24 Å². The SMILES string of the molecule is Cc1ccccc1-c1cc(-c2ccc(C(C)(C)C)cc2)ccc1N(c1ccc2c(c1)C(C)(C)c1ccccc1-2)c1ccc2c(c1)sc1ccccc12. The zero-order chi connectivity index (χ0) is 35.8. The van der Waals surface area contributed by atoms with Crippen LogP contribution in [0.15, 0.2) is 152 Å². The maximum atomic E-state index is 2.50. The summed E-state index contributed by atoms with van der Waals surface area (Å²) in [6.07, 6.45) is 0. The summed E-state index contributed by atoms with van der Waals surface area (Å²) in [5.41, 5.74) is 16.4. The van der Waals surface area contributed by atoms with Crippen LogP contribution in [0.1, 0.15) is 56.9 Å². The highest BCUT2D eigenvalue weighted by Gasteiger charge is 2.36. The molecule has 8 aromatic rings. The molecule has 0 amide bonds. The minimum atomic E-state index is -0.106. The largest absolute Gasteiger partial charge is 0.310 e. The van der Waals surface area contributed by atoms with Crippen LogP contribution in [0, 0.1) is 6.92 Å². The van der Waals surface area contributed by atoms with Crippen LogP contribution in [0.5, 0.6) is 0 Å². The molecule has 0 saturated heterocycles. The van der Waals surface area contributed by atoms with Gasteiger partial charge in [0, 0.05) is 42.5 Å². The molecule has 0 radical (unpaired) electrons. The summed E-state index contributed by atoms with van der Waals surface area (Å²) in [6, 6.07) is 56.8. The third kappa shape index (κ3) is 5.28. The molecule has 0 saturated carbocycles. The molecule has 0 fully saturated rings. The number of rotatable bonds is 5. The van der Waals surface area contributed by atoms with Gasteiger partial charge in [-0.15, -0.1) is 11.3 Å². The Morgan fingerprint density at radius 2 is 1.13 bits per heavy atom. The van der Waals surface area contributed by atoms with Crippen molar-refractivity contribution in [3.05, 3.63) is 174 Å². The van der Waals surface area contributed by atoms with Gasteiger partial charge in [-0.2, -0.15) is 0 Å². The normalized spacial score (nSPS) is 13.3. The summed E-state index contributed by atoms with van der Waals surface area (Å²) < 4.78 is 2.62. The molecule has 1 heterocycles. The van der Waals surface area contributed by atoms with Crippen LogP contribution in [0.3, 0.4) is 0 Å². The standard InChI is InChI=1S/C50H43NS/c1-32-13-7-8-14-38(32)43-29-34(33-19-22-35(23-20-33)49(2,3)4)21-28-46(43)51(37-25-27-42-41-16-10-12-18-47(41)52-48(42)31-37)36-24-26-40-39-15-9-11-17-44(39)50(5,6)45(40)30-36/h7-31H,1-6H3. The molecular formula is C50H43NS. The maximum Gasteiger partial charge on any atom is 0.0540 e. The summed E-state index contributed by atoms with van der Waals surface area (Å²) in [4.78, 5) is 2.50. The van der Waals surface area contributed by atoms with Gasteiger partial charge in [-0.3, -0.25) is 0 Å². The van der Waals surface area contributed by atoms with Crippen molar-refractivity contribution in [2.45, 2.75) is 52.4 Å². The Kier molecular flexibility index (Phi) is 7.54. The van der Waals surface area contributed by atoms with Crippen molar-refractivity contribution in [2.24, 2.45) is 0 Å². The third-order valence-corrected chi connectivity index (χ3v) is 12.3. The highest BCUT2D eigenvalue weighted by molar-refractivity contribution is 7.25. The quantitative estimate of drug-likeness (QED) is 0.174. The molecule has 0 atom stereocenters. The van der Waals surface area contributed by atoms with Crippen molar-refractivity contribution in [3.63, 3.8) is 0 Å². The molecule has 0 aliphatic heterocycles. The van der Waals surface area contributed by atoms with E-state index in [0.29, 0.717) is 0 Å². The molecule has 9 rings (SSSR count). The highest BCUT2D eigenvalue weighted by Crippen LogP contribution is 2.52. The molecule has 2 heteroatoms. The van der Waals surface area contributed by atoms with Gasteiger partial charge in [-0.25, -0.2) is 0 Å². The van der Waals surface area contributed by atoms with Crippen molar-refractivity contribution in [1.82, 2.24) is 0 Å².